The molecule has 1 aromatic rings. The Morgan fingerprint density at radius 1 is 1.44 bits per heavy atom. The first kappa shape index (κ1) is 12.3. The number of rotatable bonds is 3. The Balaban J connectivity index is 2.21. The summed E-state index contributed by atoms with van der Waals surface area (Å²) in [5.41, 5.74) is 0.650. The maximum atomic E-state index is 12.8. The van der Waals surface area contributed by atoms with Crippen molar-refractivity contribution in [3.63, 3.8) is 0 Å². The molecule has 1 fully saturated rings. The minimum Gasteiger partial charge on any atom is -0.481 e. The van der Waals surface area contributed by atoms with Gasteiger partial charge in [0.2, 0.25) is 5.91 Å². The van der Waals surface area contributed by atoms with Gasteiger partial charge < -0.3 is 15.3 Å². The molecule has 1 atom stereocenters. The summed E-state index contributed by atoms with van der Waals surface area (Å²) in [7, 11) is 0. The van der Waals surface area contributed by atoms with E-state index in [0.717, 1.165) is 0 Å². The van der Waals surface area contributed by atoms with Crippen LogP contribution in [0.3, 0.4) is 0 Å². The molecule has 5 nitrogen and oxygen atoms in total. The summed E-state index contributed by atoms with van der Waals surface area (Å²) in [6.45, 7) is 0.367. The first-order valence-corrected chi connectivity index (χ1v) is 5.57. The van der Waals surface area contributed by atoms with Gasteiger partial charge in [0.1, 0.15) is 5.82 Å². The Labute approximate surface area is 103 Å². The Morgan fingerprint density at radius 3 is 2.72 bits per heavy atom. The number of anilines is 1. The van der Waals surface area contributed by atoms with E-state index < -0.39 is 5.97 Å². The van der Waals surface area contributed by atoms with Crippen molar-refractivity contribution < 1.29 is 19.1 Å². The van der Waals surface area contributed by atoms with E-state index in [9.17, 15) is 14.0 Å². The molecule has 6 heteroatoms. The van der Waals surface area contributed by atoms with Crippen LogP contribution in [0.5, 0.6) is 0 Å². The highest BCUT2D eigenvalue weighted by atomic mass is 19.1. The van der Waals surface area contributed by atoms with Crippen LogP contribution in [-0.2, 0) is 9.59 Å². The van der Waals surface area contributed by atoms with Crippen LogP contribution in [-0.4, -0.2) is 36.1 Å². The molecule has 2 rings (SSSR count). The van der Waals surface area contributed by atoms with Gasteiger partial charge in [-0.15, -0.1) is 0 Å². The van der Waals surface area contributed by atoms with Crippen molar-refractivity contribution in [1.29, 1.82) is 0 Å². The predicted octanol–water partition coefficient (Wildman–Crippen LogP) is 0.605. The Morgan fingerprint density at radius 2 is 2.11 bits per heavy atom. The number of carboxylic acids is 1. The third kappa shape index (κ3) is 2.77. The summed E-state index contributed by atoms with van der Waals surface area (Å²) in [5.74, 6) is -1.46. The van der Waals surface area contributed by atoms with Crippen LogP contribution in [0.2, 0.25) is 0 Å². The zero-order chi connectivity index (χ0) is 13.1. The molecule has 1 aliphatic rings. The van der Waals surface area contributed by atoms with E-state index in [0.29, 0.717) is 5.69 Å². The number of halogens is 1. The number of amides is 1. The Hall–Kier alpha value is -2.11. The molecule has 0 aliphatic carbocycles. The normalized spacial score (nSPS) is 19.5. The lowest BCUT2D eigenvalue weighted by Crippen LogP contribution is -2.55. The van der Waals surface area contributed by atoms with Crippen molar-refractivity contribution in [3.8, 4) is 0 Å². The van der Waals surface area contributed by atoms with Crippen molar-refractivity contribution in [2.45, 2.75) is 12.5 Å². The van der Waals surface area contributed by atoms with E-state index in [1.54, 1.807) is 17.0 Å². The van der Waals surface area contributed by atoms with Crippen LogP contribution >= 0.6 is 0 Å². The van der Waals surface area contributed by atoms with Gasteiger partial charge in [0, 0.05) is 12.2 Å². The van der Waals surface area contributed by atoms with Gasteiger partial charge in [-0.2, -0.15) is 0 Å². The molecule has 96 valence electrons. The standard InChI is InChI=1S/C12H13FN2O3/c13-8-1-3-9(4-2-8)15-7-11(16)14-6-10(15)5-12(17)18/h1-4,10H,5-7H2,(H,14,16)(H,17,18). The quantitative estimate of drug-likeness (QED) is 0.826. The molecule has 0 aromatic heterocycles. The van der Waals surface area contributed by atoms with Gasteiger partial charge >= 0.3 is 5.97 Å². The minimum atomic E-state index is -0.928. The number of carbonyl (C=O) groups excluding carboxylic acids is 1. The van der Waals surface area contributed by atoms with Gasteiger partial charge in [-0.25, -0.2) is 4.39 Å². The van der Waals surface area contributed by atoms with Crippen molar-refractivity contribution in [2.24, 2.45) is 0 Å². The fraction of sp³-hybridized carbons (Fsp3) is 0.333. The highest BCUT2D eigenvalue weighted by Gasteiger charge is 2.28. The molecule has 18 heavy (non-hydrogen) atoms. The summed E-state index contributed by atoms with van der Waals surface area (Å²) in [4.78, 5) is 23.8. The highest BCUT2D eigenvalue weighted by Crippen LogP contribution is 2.20. The molecule has 0 radical (unpaired) electrons. The van der Waals surface area contributed by atoms with Crippen molar-refractivity contribution in [3.05, 3.63) is 30.1 Å². The van der Waals surface area contributed by atoms with Gasteiger partial charge in [-0.1, -0.05) is 0 Å². The van der Waals surface area contributed by atoms with Crippen molar-refractivity contribution in [2.75, 3.05) is 18.0 Å². The predicted molar refractivity (Wildman–Crippen MR) is 62.8 cm³/mol. The maximum Gasteiger partial charge on any atom is 0.305 e. The van der Waals surface area contributed by atoms with E-state index in [4.69, 9.17) is 5.11 Å². The molecule has 1 amide bonds. The van der Waals surface area contributed by atoms with Gasteiger partial charge in [-0.3, -0.25) is 9.59 Å². The molecule has 1 aliphatic heterocycles. The van der Waals surface area contributed by atoms with Crippen LogP contribution in [0.1, 0.15) is 6.42 Å². The minimum absolute atomic E-state index is 0.0718. The fourth-order valence-corrected chi connectivity index (χ4v) is 2.00. The Bertz CT molecular complexity index is 461. The summed E-state index contributed by atoms with van der Waals surface area (Å²) in [5, 5.41) is 11.5. The second-order valence-electron chi connectivity index (χ2n) is 4.16. The average molecular weight is 252 g/mol. The number of hydrogen-bond acceptors (Lipinski definition) is 3. The largest absolute Gasteiger partial charge is 0.481 e. The maximum absolute atomic E-state index is 12.8. The van der Waals surface area contributed by atoms with E-state index in [1.165, 1.54) is 12.1 Å². The molecule has 0 bridgehead atoms. The zero-order valence-corrected chi connectivity index (χ0v) is 9.60. The number of benzene rings is 1. The lowest BCUT2D eigenvalue weighted by Gasteiger charge is -2.36. The fourth-order valence-electron chi connectivity index (χ4n) is 2.00. The van der Waals surface area contributed by atoms with E-state index in [-0.39, 0.29) is 37.3 Å². The molecule has 0 saturated carbocycles. The third-order valence-corrected chi connectivity index (χ3v) is 2.86. The molecule has 0 spiro atoms. The van der Waals surface area contributed by atoms with Crippen LogP contribution in [0, 0.1) is 5.82 Å². The summed E-state index contributed by atoms with van der Waals surface area (Å²) in [6, 6.07) is 5.36. The van der Waals surface area contributed by atoms with Crippen molar-refractivity contribution in [1.82, 2.24) is 5.32 Å². The highest BCUT2D eigenvalue weighted by molar-refractivity contribution is 5.83. The first-order valence-electron chi connectivity index (χ1n) is 5.57. The second-order valence-corrected chi connectivity index (χ2v) is 4.16. The van der Waals surface area contributed by atoms with Crippen LogP contribution in [0.4, 0.5) is 10.1 Å². The van der Waals surface area contributed by atoms with Crippen molar-refractivity contribution >= 4 is 17.6 Å². The van der Waals surface area contributed by atoms with E-state index in [2.05, 4.69) is 5.32 Å². The number of carbonyl (C=O) groups is 2. The lowest BCUT2D eigenvalue weighted by atomic mass is 10.1. The molecular weight excluding hydrogens is 239 g/mol. The average Bonchev–Trinajstić information content (AvgIpc) is 2.32. The molecule has 1 saturated heterocycles. The number of piperazine rings is 1. The lowest BCUT2D eigenvalue weighted by molar-refractivity contribution is -0.138. The van der Waals surface area contributed by atoms with E-state index >= 15 is 0 Å². The smallest absolute Gasteiger partial charge is 0.305 e. The molecule has 2 N–H and O–H groups in total. The number of aliphatic carboxylic acids is 1. The summed E-state index contributed by atoms with van der Waals surface area (Å²) >= 11 is 0. The van der Waals surface area contributed by atoms with Gasteiger partial charge in [-0.05, 0) is 24.3 Å². The van der Waals surface area contributed by atoms with Gasteiger partial charge in [0.15, 0.2) is 0 Å². The zero-order valence-electron chi connectivity index (χ0n) is 9.60. The molecule has 1 aromatic carbocycles. The van der Waals surface area contributed by atoms with Crippen LogP contribution in [0.15, 0.2) is 24.3 Å². The Kier molecular flexibility index (Phi) is 3.45. The van der Waals surface area contributed by atoms with Gasteiger partial charge in [0.25, 0.3) is 0 Å². The third-order valence-electron chi connectivity index (χ3n) is 2.86. The molecule has 1 unspecified atom stereocenters. The summed E-state index contributed by atoms with van der Waals surface area (Å²) in [6.07, 6.45) is -0.0718. The molecule has 1 heterocycles. The monoisotopic (exact) mass is 252 g/mol. The second kappa shape index (κ2) is 5.03. The number of hydrogen-bond donors (Lipinski definition) is 2. The van der Waals surface area contributed by atoms with Gasteiger partial charge in [0.05, 0.1) is 19.0 Å². The topological polar surface area (TPSA) is 69.6 Å². The van der Waals surface area contributed by atoms with Crippen LogP contribution < -0.4 is 10.2 Å². The SMILES string of the molecule is O=C(O)CC1CNC(=O)CN1c1ccc(F)cc1. The molecular formula is C12H13FN2O3. The van der Waals surface area contributed by atoms with Crippen LogP contribution in [0.25, 0.3) is 0 Å². The number of nitrogens with one attached hydrogen (secondary N) is 1. The van der Waals surface area contributed by atoms with E-state index in [1.807, 2.05) is 0 Å². The number of carboxylic acid groups (broad SMARTS) is 1. The number of nitrogens with zero attached hydrogens (tertiary/aromatic N) is 1. The summed E-state index contributed by atoms with van der Waals surface area (Å²) < 4.78 is 12.8. The first-order chi connectivity index (χ1) is 8.56.